The molecule has 0 spiro atoms. The van der Waals surface area contributed by atoms with Crippen molar-refractivity contribution in [2.24, 2.45) is 0 Å². The van der Waals surface area contributed by atoms with Gasteiger partial charge in [-0.3, -0.25) is 0 Å². The maximum absolute atomic E-state index is 2.61. The molecule has 0 amide bonds. The Morgan fingerprint density at radius 2 is 0.846 bits per heavy atom. The molecular formula is C48H30BN3. The van der Waals surface area contributed by atoms with Gasteiger partial charge in [0, 0.05) is 55.4 Å². The average molecular weight is 660 g/mol. The summed E-state index contributed by atoms with van der Waals surface area (Å²) in [5.74, 6) is 0. The third-order valence-corrected chi connectivity index (χ3v) is 11.5. The highest BCUT2D eigenvalue weighted by atomic mass is 15.1. The zero-order chi connectivity index (χ0) is 33.9. The van der Waals surface area contributed by atoms with E-state index in [1.165, 1.54) is 88.2 Å². The molecule has 3 nitrogen and oxygen atoms in total. The van der Waals surface area contributed by atoms with Crippen molar-refractivity contribution in [3.63, 3.8) is 0 Å². The van der Waals surface area contributed by atoms with E-state index in [1.54, 1.807) is 0 Å². The van der Waals surface area contributed by atoms with E-state index in [1.807, 2.05) is 0 Å². The Bertz CT molecular complexity index is 3080. The van der Waals surface area contributed by atoms with Crippen LogP contribution in [0.25, 0.3) is 77.2 Å². The van der Waals surface area contributed by atoms with Crippen LogP contribution >= 0.6 is 0 Å². The van der Waals surface area contributed by atoms with Gasteiger partial charge in [-0.2, -0.15) is 0 Å². The monoisotopic (exact) mass is 659 g/mol. The van der Waals surface area contributed by atoms with Crippen molar-refractivity contribution < 1.29 is 0 Å². The Morgan fingerprint density at radius 3 is 1.54 bits per heavy atom. The van der Waals surface area contributed by atoms with Gasteiger partial charge < -0.3 is 13.9 Å². The summed E-state index contributed by atoms with van der Waals surface area (Å²) in [6.07, 6.45) is 0. The lowest BCUT2D eigenvalue weighted by molar-refractivity contribution is 1.15. The van der Waals surface area contributed by atoms with Gasteiger partial charge in [0.1, 0.15) is 0 Å². The van der Waals surface area contributed by atoms with Crippen LogP contribution in [0.4, 0.5) is 11.4 Å². The average Bonchev–Trinajstić information content (AvgIpc) is 3.73. The lowest BCUT2D eigenvalue weighted by atomic mass is 9.43. The predicted octanol–water partition coefficient (Wildman–Crippen LogP) is 10.8. The number of rotatable bonds is 2. The number of hydrogen-bond donors (Lipinski definition) is 0. The number of aromatic nitrogens is 2. The molecule has 52 heavy (non-hydrogen) atoms. The molecular weight excluding hydrogens is 629 g/mol. The van der Waals surface area contributed by atoms with Gasteiger partial charge in [-0.1, -0.05) is 133 Å². The summed E-state index contributed by atoms with van der Waals surface area (Å²) < 4.78 is 4.99. The van der Waals surface area contributed by atoms with E-state index >= 15 is 0 Å². The smallest absolute Gasteiger partial charge is 0.329 e. The summed E-state index contributed by atoms with van der Waals surface area (Å²) in [6.45, 7) is 0.0640. The molecule has 240 valence electrons. The Kier molecular flexibility index (Phi) is 5.58. The zero-order valence-electron chi connectivity index (χ0n) is 28.2. The maximum Gasteiger partial charge on any atom is 0.329 e. The fourth-order valence-corrected chi connectivity index (χ4v) is 9.41. The van der Waals surface area contributed by atoms with Gasteiger partial charge in [-0.15, -0.1) is 0 Å². The van der Waals surface area contributed by atoms with Gasteiger partial charge in [0.05, 0.1) is 22.1 Å². The molecule has 2 aliphatic rings. The topological polar surface area (TPSA) is 13.1 Å². The number of para-hydroxylation sites is 4. The number of benzene rings is 8. The van der Waals surface area contributed by atoms with E-state index in [0.717, 1.165) is 11.4 Å². The second-order valence-electron chi connectivity index (χ2n) is 14.1. The van der Waals surface area contributed by atoms with E-state index in [9.17, 15) is 0 Å². The first-order valence-corrected chi connectivity index (χ1v) is 18.1. The predicted molar refractivity (Wildman–Crippen MR) is 220 cm³/mol. The fourth-order valence-electron chi connectivity index (χ4n) is 9.41. The molecule has 8 aromatic carbocycles. The molecule has 0 saturated heterocycles. The summed E-state index contributed by atoms with van der Waals surface area (Å²) in [7, 11) is 0. The van der Waals surface area contributed by atoms with Crippen molar-refractivity contribution in [3.05, 3.63) is 182 Å². The first-order chi connectivity index (χ1) is 25.8. The molecule has 0 atom stereocenters. The Balaban J connectivity index is 1.27. The standard InChI is InChI=1S/C48H30BN3/c1-3-15-31(16-4-1)50-43-25-13-9-22-36(43)37-27-28-38-40-29-39-34-20-8-12-24-42(34)49-41-23-11-7-19-33(41)35-21-10-14-26-44(35)52(49)46(39)30-45(40)51(48(38)47(37)50)32-17-5-2-6-18-32/h1-30H. The van der Waals surface area contributed by atoms with Crippen molar-refractivity contribution in [3.8, 4) is 33.6 Å². The molecule has 12 rings (SSSR count). The van der Waals surface area contributed by atoms with Crippen LogP contribution in [-0.2, 0) is 0 Å². The van der Waals surface area contributed by atoms with Gasteiger partial charge in [0.25, 0.3) is 0 Å². The number of fused-ring (bicyclic) bond motifs is 18. The summed E-state index contributed by atoms with van der Waals surface area (Å²) in [5, 5.41) is 5.01. The van der Waals surface area contributed by atoms with E-state index in [-0.39, 0.29) is 6.85 Å². The first kappa shape index (κ1) is 28.0. The highest BCUT2D eigenvalue weighted by molar-refractivity contribution is 6.92. The molecule has 2 aliphatic heterocycles. The summed E-state index contributed by atoms with van der Waals surface area (Å²) in [5.41, 5.74) is 17.5. The summed E-state index contributed by atoms with van der Waals surface area (Å²) >= 11 is 0. The van der Waals surface area contributed by atoms with Crippen LogP contribution in [0.15, 0.2) is 182 Å². The summed E-state index contributed by atoms with van der Waals surface area (Å²) in [6, 6.07) is 67.2. The Morgan fingerprint density at radius 1 is 0.327 bits per heavy atom. The quantitative estimate of drug-likeness (QED) is 0.168. The van der Waals surface area contributed by atoms with Crippen LogP contribution in [0.3, 0.4) is 0 Å². The molecule has 0 fully saturated rings. The lowest BCUT2D eigenvalue weighted by Crippen LogP contribution is -2.59. The van der Waals surface area contributed by atoms with Crippen LogP contribution in [0.2, 0.25) is 0 Å². The van der Waals surface area contributed by atoms with Crippen molar-refractivity contribution in [1.29, 1.82) is 0 Å². The first-order valence-electron chi connectivity index (χ1n) is 18.1. The van der Waals surface area contributed by atoms with Crippen LogP contribution in [0.1, 0.15) is 0 Å². The number of hydrogen-bond acceptors (Lipinski definition) is 1. The van der Waals surface area contributed by atoms with Gasteiger partial charge in [-0.05, 0) is 70.6 Å². The van der Waals surface area contributed by atoms with Crippen LogP contribution in [0.5, 0.6) is 0 Å². The molecule has 0 radical (unpaired) electrons. The molecule has 0 N–H and O–H groups in total. The van der Waals surface area contributed by atoms with Crippen molar-refractivity contribution in [2.45, 2.75) is 0 Å². The Hall–Kier alpha value is -6.78. The SMILES string of the molecule is c1ccc(-n2c3ccccc3c3ccc4c5cc6c(cc5n(-c5ccccc5)c4c32)N2B(c3ccccc3-c3ccccc32)c2ccccc2-6)cc1. The minimum Gasteiger partial charge on any atom is -0.376 e. The molecule has 4 heterocycles. The molecule has 0 unspecified atom stereocenters. The molecule has 0 aliphatic carbocycles. The Labute approximate surface area is 301 Å². The van der Waals surface area contributed by atoms with E-state index in [4.69, 9.17) is 0 Å². The highest BCUT2D eigenvalue weighted by Crippen LogP contribution is 2.49. The number of nitrogens with zero attached hydrogens (tertiary/aromatic N) is 3. The molecule has 0 saturated carbocycles. The second kappa shape index (κ2) is 10.4. The van der Waals surface area contributed by atoms with Crippen molar-refractivity contribution in [2.75, 3.05) is 4.81 Å². The normalized spacial score (nSPS) is 12.9. The van der Waals surface area contributed by atoms with Crippen LogP contribution in [0, 0.1) is 0 Å². The zero-order valence-corrected chi connectivity index (χ0v) is 28.2. The minimum absolute atomic E-state index is 0.0640. The highest BCUT2D eigenvalue weighted by Gasteiger charge is 2.42. The largest absolute Gasteiger partial charge is 0.376 e. The second-order valence-corrected chi connectivity index (χ2v) is 14.1. The molecule has 4 heteroatoms. The maximum atomic E-state index is 2.61. The van der Waals surface area contributed by atoms with E-state index in [0.29, 0.717) is 0 Å². The molecule has 0 bridgehead atoms. The van der Waals surface area contributed by atoms with Crippen LogP contribution in [-0.4, -0.2) is 16.0 Å². The van der Waals surface area contributed by atoms with Gasteiger partial charge in [0.15, 0.2) is 0 Å². The lowest BCUT2D eigenvalue weighted by Gasteiger charge is -2.43. The third-order valence-electron chi connectivity index (χ3n) is 11.5. The third kappa shape index (κ3) is 3.60. The van der Waals surface area contributed by atoms with Gasteiger partial charge >= 0.3 is 6.85 Å². The van der Waals surface area contributed by atoms with E-state index < -0.39 is 0 Å². The fraction of sp³-hybridized carbons (Fsp3) is 0. The minimum atomic E-state index is 0.0640. The summed E-state index contributed by atoms with van der Waals surface area (Å²) in [4.78, 5) is 2.61. The molecule has 10 aromatic rings. The van der Waals surface area contributed by atoms with Gasteiger partial charge in [0.2, 0.25) is 0 Å². The van der Waals surface area contributed by atoms with Crippen LogP contribution < -0.4 is 15.7 Å². The molecule has 2 aromatic heterocycles. The van der Waals surface area contributed by atoms with Crippen molar-refractivity contribution in [1.82, 2.24) is 9.13 Å². The van der Waals surface area contributed by atoms with E-state index in [2.05, 4.69) is 196 Å². The van der Waals surface area contributed by atoms with Gasteiger partial charge in [-0.25, -0.2) is 0 Å². The van der Waals surface area contributed by atoms with Crippen molar-refractivity contribution >= 4 is 72.8 Å². The number of anilines is 2.